The Kier molecular flexibility index (Phi) is 6.72. The Bertz CT molecular complexity index is 670. The number of aryl methyl sites for hydroxylation is 1. The maximum atomic E-state index is 12.7. The number of benzene rings is 1. The Hall–Kier alpha value is -2.08. The molecule has 6 nitrogen and oxygen atoms in total. The molecule has 0 radical (unpaired) electrons. The van der Waals surface area contributed by atoms with Crippen LogP contribution in [0.3, 0.4) is 0 Å². The highest BCUT2D eigenvalue weighted by Gasteiger charge is 2.29. The summed E-state index contributed by atoms with van der Waals surface area (Å²) in [6.07, 6.45) is 3.77. The van der Waals surface area contributed by atoms with E-state index >= 15 is 0 Å². The van der Waals surface area contributed by atoms with Crippen LogP contribution < -0.4 is 10.1 Å². The van der Waals surface area contributed by atoms with E-state index in [0.29, 0.717) is 19.8 Å². The monoisotopic (exact) mass is 374 g/mol. The first-order chi connectivity index (χ1) is 13.1. The summed E-state index contributed by atoms with van der Waals surface area (Å²) in [4.78, 5) is 26.8. The molecule has 2 heterocycles. The molecule has 0 bridgehead atoms. The number of hydrogen-bond acceptors (Lipinski definition) is 4. The van der Waals surface area contributed by atoms with Gasteiger partial charge in [-0.05, 0) is 56.7 Å². The Labute approximate surface area is 161 Å². The lowest BCUT2D eigenvalue weighted by Crippen LogP contribution is -2.51. The van der Waals surface area contributed by atoms with E-state index in [2.05, 4.69) is 5.32 Å². The number of carbonyl (C=O) groups is 2. The van der Waals surface area contributed by atoms with Gasteiger partial charge in [0.2, 0.25) is 5.91 Å². The Morgan fingerprint density at radius 1 is 1.26 bits per heavy atom. The standard InChI is InChI=1S/C21H30N2O4/c1-15-6-5-8-19(16(15)2)27-14-20(24)23-10-4-3-7-18(23)12-22-21(25)17-9-11-26-13-17/h5-6,8,17-18H,3-4,7,9-14H2,1-2H3,(H,22,25)/t17-,18?/m0/s1. The van der Waals surface area contributed by atoms with Crippen LogP contribution in [0.4, 0.5) is 0 Å². The summed E-state index contributed by atoms with van der Waals surface area (Å²) in [5.74, 6) is 0.730. The zero-order valence-corrected chi connectivity index (χ0v) is 16.3. The number of carbonyl (C=O) groups excluding carboxylic acids is 2. The van der Waals surface area contributed by atoms with Gasteiger partial charge in [-0.2, -0.15) is 0 Å². The molecule has 3 rings (SSSR count). The van der Waals surface area contributed by atoms with Crippen LogP contribution in [0.2, 0.25) is 0 Å². The minimum Gasteiger partial charge on any atom is -0.483 e. The second kappa shape index (κ2) is 9.22. The number of rotatable bonds is 6. The zero-order chi connectivity index (χ0) is 19.2. The van der Waals surface area contributed by atoms with Gasteiger partial charge in [-0.3, -0.25) is 9.59 Å². The second-order valence-electron chi connectivity index (χ2n) is 7.53. The number of amides is 2. The van der Waals surface area contributed by atoms with Crippen LogP contribution in [0.1, 0.15) is 36.8 Å². The van der Waals surface area contributed by atoms with E-state index in [0.717, 1.165) is 49.1 Å². The summed E-state index contributed by atoms with van der Waals surface area (Å²) in [6, 6.07) is 5.91. The third-order valence-electron chi connectivity index (χ3n) is 5.67. The molecule has 6 heteroatoms. The van der Waals surface area contributed by atoms with Gasteiger partial charge in [0.25, 0.3) is 5.91 Å². The molecule has 1 aromatic rings. The molecule has 27 heavy (non-hydrogen) atoms. The third-order valence-corrected chi connectivity index (χ3v) is 5.67. The molecule has 0 spiro atoms. The zero-order valence-electron chi connectivity index (χ0n) is 16.3. The molecule has 1 unspecified atom stereocenters. The number of hydrogen-bond donors (Lipinski definition) is 1. The Morgan fingerprint density at radius 3 is 2.89 bits per heavy atom. The van der Waals surface area contributed by atoms with Crippen LogP contribution in [0.5, 0.6) is 5.75 Å². The van der Waals surface area contributed by atoms with E-state index in [1.807, 2.05) is 36.9 Å². The van der Waals surface area contributed by atoms with E-state index < -0.39 is 0 Å². The van der Waals surface area contributed by atoms with Gasteiger partial charge in [0.15, 0.2) is 6.61 Å². The molecule has 2 aliphatic heterocycles. The molecule has 2 amide bonds. The molecule has 2 atom stereocenters. The van der Waals surface area contributed by atoms with Gasteiger partial charge in [-0.1, -0.05) is 12.1 Å². The third kappa shape index (κ3) is 5.01. The fraction of sp³-hybridized carbons (Fsp3) is 0.619. The van der Waals surface area contributed by atoms with E-state index in [1.165, 1.54) is 0 Å². The summed E-state index contributed by atoms with van der Waals surface area (Å²) in [6.45, 7) is 6.45. The number of likely N-dealkylation sites (tertiary alicyclic amines) is 1. The maximum absolute atomic E-state index is 12.7. The van der Waals surface area contributed by atoms with Crippen molar-refractivity contribution in [2.24, 2.45) is 5.92 Å². The van der Waals surface area contributed by atoms with Crippen molar-refractivity contribution in [1.29, 1.82) is 0 Å². The van der Waals surface area contributed by atoms with Gasteiger partial charge in [0.1, 0.15) is 5.75 Å². The predicted octanol–water partition coefficient (Wildman–Crippen LogP) is 2.22. The molecular formula is C21H30N2O4. The van der Waals surface area contributed by atoms with Gasteiger partial charge < -0.3 is 19.7 Å². The van der Waals surface area contributed by atoms with Gasteiger partial charge in [-0.25, -0.2) is 0 Å². The normalized spacial score (nSPS) is 22.5. The number of nitrogens with zero attached hydrogens (tertiary/aromatic N) is 1. The number of ether oxygens (including phenoxy) is 2. The highest BCUT2D eigenvalue weighted by Crippen LogP contribution is 2.22. The second-order valence-corrected chi connectivity index (χ2v) is 7.53. The van der Waals surface area contributed by atoms with Crippen LogP contribution in [0, 0.1) is 19.8 Å². The predicted molar refractivity (Wildman–Crippen MR) is 103 cm³/mol. The lowest BCUT2D eigenvalue weighted by Gasteiger charge is -2.36. The number of piperidine rings is 1. The smallest absolute Gasteiger partial charge is 0.260 e. The van der Waals surface area contributed by atoms with Crippen molar-refractivity contribution in [1.82, 2.24) is 10.2 Å². The van der Waals surface area contributed by atoms with Gasteiger partial charge >= 0.3 is 0 Å². The quantitative estimate of drug-likeness (QED) is 0.829. The fourth-order valence-corrected chi connectivity index (χ4v) is 3.75. The van der Waals surface area contributed by atoms with Crippen LogP contribution >= 0.6 is 0 Å². The largest absolute Gasteiger partial charge is 0.483 e. The van der Waals surface area contributed by atoms with E-state index in [-0.39, 0.29) is 30.4 Å². The van der Waals surface area contributed by atoms with Crippen LogP contribution in [-0.2, 0) is 14.3 Å². The highest BCUT2D eigenvalue weighted by atomic mass is 16.5. The van der Waals surface area contributed by atoms with Crippen molar-refractivity contribution in [2.75, 3.05) is 32.9 Å². The fourth-order valence-electron chi connectivity index (χ4n) is 3.75. The Balaban J connectivity index is 1.53. The SMILES string of the molecule is Cc1cccc(OCC(=O)N2CCCCC2CNC(=O)[C@H]2CCOC2)c1C. The lowest BCUT2D eigenvalue weighted by atomic mass is 10.0. The van der Waals surface area contributed by atoms with E-state index in [4.69, 9.17) is 9.47 Å². The summed E-state index contributed by atoms with van der Waals surface area (Å²) < 4.78 is 11.1. The van der Waals surface area contributed by atoms with Gasteiger partial charge in [-0.15, -0.1) is 0 Å². The molecule has 0 aromatic heterocycles. The molecule has 1 aromatic carbocycles. The van der Waals surface area contributed by atoms with Crippen LogP contribution in [0.15, 0.2) is 18.2 Å². The molecule has 148 valence electrons. The highest BCUT2D eigenvalue weighted by molar-refractivity contribution is 5.80. The summed E-state index contributed by atoms with van der Waals surface area (Å²) in [7, 11) is 0. The van der Waals surface area contributed by atoms with Crippen molar-refractivity contribution in [2.45, 2.75) is 45.6 Å². The van der Waals surface area contributed by atoms with Crippen molar-refractivity contribution < 1.29 is 19.1 Å². The first-order valence-corrected chi connectivity index (χ1v) is 9.90. The van der Waals surface area contributed by atoms with Crippen molar-refractivity contribution in [3.8, 4) is 5.75 Å². The average Bonchev–Trinajstić information content (AvgIpc) is 3.22. The lowest BCUT2D eigenvalue weighted by molar-refractivity contribution is -0.137. The van der Waals surface area contributed by atoms with Crippen LogP contribution in [-0.4, -0.2) is 55.7 Å². The van der Waals surface area contributed by atoms with E-state index in [1.54, 1.807) is 0 Å². The van der Waals surface area contributed by atoms with Crippen LogP contribution in [0.25, 0.3) is 0 Å². The maximum Gasteiger partial charge on any atom is 0.260 e. The molecule has 0 aliphatic carbocycles. The number of nitrogens with one attached hydrogen (secondary N) is 1. The summed E-state index contributed by atoms with van der Waals surface area (Å²) >= 11 is 0. The van der Waals surface area contributed by atoms with Crippen molar-refractivity contribution in [3.05, 3.63) is 29.3 Å². The van der Waals surface area contributed by atoms with Crippen molar-refractivity contribution in [3.63, 3.8) is 0 Å². The topological polar surface area (TPSA) is 67.9 Å². The molecule has 2 fully saturated rings. The molecule has 0 saturated carbocycles. The summed E-state index contributed by atoms with van der Waals surface area (Å²) in [5, 5.41) is 3.02. The first kappa shape index (κ1) is 19.7. The van der Waals surface area contributed by atoms with Gasteiger partial charge in [0.05, 0.1) is 12.5 Å². The molecule has 2 saturated heterocycles. The van der Waals surface area contributed by atoms with Gasteiger partial charge in [0, 0.05) is 25.7 Å². The van der Waals surface area contributed by atoms with E-state index in [9.17, 15) is 9.59 Å². The minimum atomic E-state index is -0.0506. The molecular weight excluding hydrogens is 344 g/mol. The molecule has 1 N–H and O–H groups in total. The summed E-state index contributed by atoms with van der Waals surface area (Å²) in [5.41, 5.74) is 2.21. The minimum absolute atomic E-state index is 0.0148. The Morgan fingerprint density at radius 2 is 2.11 bits per heavy atom. The average molecular weight is 374 g/mol. The molecule has 2 aliphatic rings. The van der Waals surface area contributed by atoms with Crippen molar-refractivity contribution >= 4 is 11.8 Å². The first-order valence-electron chi connectivity index (χ1n) is 9.90.